The first kappa shape index (κ1) is 15.8. The van der Waals surface area contributed by atoms with E-state index in [-0.39, 0.29) is 17.3 Å². The molecule has 2 heterocycles. The molecule has 0 fully saturated rings. The first-order valence-corrected chi connectivity index (χ1v) is 8.36. The van der Waals surface area contributed by atoms with Gasteiger partial charge in [0.05, 0.1) is 5.69 Å². The minimum Gasteiger partial charge on any atom is -0.451 e. The molecule has 1 aliphatic heterocycles. The third-order valence-electron chi connectivity index (χ3n) is 4.81. The van der Waals surface area contributed by atoms with E-state index in [1.54, 1.807) is 12.1 Å². The second kappa shape index (κ2) is 6.01. The zero-order valence-corrected chi connectivity index (χ0v) is 14.2. The number of nitrogens with one attached hydrogen (secondary N) is 2. The average Bonchev–Trinajstić information content (AvgIpc) is 3.01. The topological polar surface area (TPSA) is 54.3 Å². The van der Waals surface area contributed by atoms with Crippen LogP contribution in [0.2, 0.25) is 0 Å². The van der Waals surface area contributed by atoms with Gasteiger partial charge in [0.25, 0.3) is 5.91 Å². The molecule has 4 nitrogen and oxygen atoms in total. The van der Waals surface area contributed by atoms with Crippen LogP contribution in [0.4, 0.5) is 10.1 Å². The van der Waals surface area contributed by atoms with E-state index in [0.717, 1.165) is 28.6 Å². The van der Waals surface area contributed by atoms with Gasteiger partial charge in [-0.1, -0.05) is 6.07 Å². The van der Waals surface area contributed by atoms with Gasteiger partial charge in [-0.05, 0) is 73.3 Å². The smallest absolute Gasteiger partial charge is 0.291 e. The van der Waals surface area contributed by atoms with Crippen LogP contribution >= 0.6 is 0 Å². The van der Waals surface area contributed by atoms with Crippen molar-refractivity contribution in [2.45, 2.75) is 26.8 Å². The number of furan rings is 1. The average molecular weight is 338 g/mol. The van der Waals surface area contributed by atoms with Crippen LogP contribution in [0, 0.1) is 19.7 Å². The molecule has 128 valence electrons. The van der Waals surface area contributed by atoms with Crippen LogP contribution in [0.5, 0.6) is 0 Å². The monoisotopic (exact) mass is 338 g/mol. The lowest BCUT2D eigenvalue weighted by atomic mass is 9.99. The van der Waals surface area contributed by atoms with Gasteiger partial charge in [-0.25, -0.2) is 4.39 Å². The lowest BCUT2D eigenvalue weighted by Crippen LogP contribution is -2.25. The molecule has 0 spiro atoms. The van der Waals surface area contributed by atoms with Crippen molar-refractivity contribution in [2.75, 3.05) is 11.9 Å². The summed E-state index contributed by atoms with van der Waals surface area (Å²) in [5.74, 6) is -0.617. The Morgan fingerprint density at radius 3 is 2.84 bits per heavy atom. The van der Waals surface area contributed by atoms with Gasteiger partial charge in [-0.2, -0.15) is 0 Å². The number of benzene rings is 2. The SMILES string of the molecule is Cc1cc2cc(C(=O)Nc3ccc4c(c3F)CCNC4)oc2cc1C. The summed E-state index contributed by atoms with van der Waals surface area (Å²) >= 11 is 0. The molecule has 5 heteroatoms. The molecule has 0 atom stereocenters. The van der Waals surface area contributed by atoms with Gasteiger partial charge in [0.1, 0.15) is 11.4 Å². The summed E-state index contributed by atoms with van der Waals surface area (Å²) in [6.07, 6.45) is 0.619. The standard InChI is InChI=1S/C20H19FN2O2/c1-11-7-14-9-18(25-17(14)8-12(11)2)20(24)23-16-4-3-13-10-22-6-5-15(13)19(16)21/h3-4,7-9,22H,5-6,10H2,1-2H3,(H,23,24). The number of anilines is 1. The van der Waals surface area contributed by atoms with Crippen LogP contribution in [-0.2, 0) is 13.0 Å². The summed E-state index contributed by atoms with van der Waals surface area (Å²) in [5.41, 5.74) is 4.70. The number of carbonyl (C=O) groups excluding carboxylic acids is 1. The molecule has 0 bridgehead atoms. The second-order valence-electron chi connectivity index (χ2n) is 6.53. The molecule has 0 unspecified atom stereocenters. The highest BCUT2D eigenvalue weighted by Crippen LogP contribution is 2.27. The lowest BCUT2D eigenvalue weighted by Gasteiger charge is -2.19. The van der Waals surface area contributed by atoms with Crippen molar-refractivity contribution in [3.8, 4) is 0 Å². The Bertz CT molecular complexity index is 952. The Kier molecular flexibility index (Phi) is 3.81. The highest BCUT2D eigenvalue weighted by molar-refractivity contribution is 6.04. The highest BCUT2D eigenvalue weighted by atomic mass is 19.1. The fourth-order valence-electron chi connectivity index (χ4n) is 3.23. The van der Waals surface area contributed by atoms with Crippen molar-refractivity contribution >= 4 is 22.6 Å². The number of aryl methyl sites for hydroxylation is 2. The molecule has 1 amide bonds. The third kappa shape index (κ3) is 2.81. The zero-order chi connectivity index (χ0) is 17.6. The molecule has 0 saturated heterocycles. The normalized spacial score (nSPS) is 13.7. The summed E-state index contributed by atoms with van der Waals surface area (Å²) in [6, 6.07) is 9.05. The van der Waals surface area contributed by atoms with Crippen LogP contribution in [0.1, 0.15) is 32.8 Å². The number of amides is 1. The van der Waals surface area contributed by atoms with Crippen molar-refractivity contribution in [1.82, 2.24) is 5.32 Å². The van der Waals surface area contributed by atoms with E-state index < -0.39 is 5.91 Å². The van der Waals surface area contributed by atoms with E-state index in [1.165, 1.54) is 0 Å². The fourth-order valence-corrected chi connectivity index (χ4v) is 3.23. The fraction of sp³-hybridized carbons (Fsp3) is 0.250. The largest absolute Gasteiger partial charge is 0.451 e. The van der Waals surface area contributed by atoms with E-state index in [4.69, 9.17) is 4.42 Å². The molecule has 2 aromatic carbocycles. The van der Waals surface area contributed by atoms with Crippen LogP contribution in [-0.4, -0.2) is 12.5 Å². The summed E-state index contributed by atoms with van der Waals surface area (Å²) in [4.78, 5) is 12.5. The van der Waals surface area contributed by atoms with Crippen LogP contribution in [0.25, 0.3) is 11.0 Å². The molecular formula is C20H19FN2O2. The van der Waals surface area contributed by atoms with Gasteiger partial charge < -0.3 is 15.1 Å². The van der Waals surface area contributed by atoms with Crippen molar-refractivity contribution in [3.63, 3.8) is 0 Å². The lowest BCUT2D eigenvalue weighted by molar-refractivity contribution is 0.0998. The summed E-state index contributed by atoms with van der Waals surface area (Å²) in [7, 11) is 0. The summed E-state index contributed by atoms with van der Waals surface area (Å²) in [5, 5.41) is 6.71. The Labute approximate surface area is 145 Å². The summed E-state index contributed by atoms with van der Waals surface area (Å²) < 4.78 is 20.3. The van der Waals surface area contributed by atoms with Crippen LogP contribution in [0.15, 0.2) is 34.7 Å². The predicted molar refractivity (Wildman–Crippen MR) is 95.5 cm³/mol. The number of carbonyl (C=O) groups is 1. The molecule has 4 rings (SSSR count). The van der Waals surface area contributed by atoms with Crippen molar-refractivity contribution in [1.29, 1.82) is 0 Å². The van der Waals surface area contributed by atoms with Crippen LogP contribution in [0.3, 0.4) is 0 Å². The quantitative estimate of drug-likeness (QED) is 0.740. The molecule has 0 radical (unpaired) electrons. The third-order valence-corrected chi connectivity index (χ3v) is 4.81. The Hall–Kier alpha value is -2.66. The van der Waals surface area contributed by atoms with E-state index in [2.05, 4.69) is 10.6 Å². The van der Waals surface area contributed by atoms with E-state index in [1.807, 2.05) is 32.0 Å². The number of hydrogen-bond acceptors (Lipinski definition) is 3. The van der Waals surface area contributed by atoms with Gasteiger partial charge in [0.15, 0.2) is 5.76 Å². The minimum atomic E-state index is -0.445. The van der Waals surface area contributed by atoms with Crippen molar-refractivity contribution in [2.24, 2.45) is 0 Å². The molecule has 2 N–H and O–H groups in total. The number of hydrogen-bond donors (Lipinski definition) is 2. The molecule has 1 aromatic heterocycles. The van der Waals surface area contributed by atoms with Gasteiger partial charge in [0.2, 0.25) is 0 Å². The number of halogens is 1. The van der Waals surface area contributed by atoms with Gasteiger partial charge in [-0.15, -0.1) is 0 Å². The predicted octanol–water partition coefficient (Wildman–Crippen LogP) is 4.09. The maximum absolute atomic E-state index is 14.7. The number of fused-ring (bicyclic) bond motifs is 2. The van der Waals surface area contributed by atoms with Gasteiger partial charge in [-0.3, -0.25) is 4.79 Å². The first-order chi connectivity index (χ1) is 12.0. The zero-order valence-electron chi connectivity index (χ0n) is 14.2. The number of rotatable bonds is 2. The maximum atomic E-state index is 14.7. The Balaban J connectivity index is 1.64. The maximum Gasteiger partial charge on any atom is 0.291 e. The van der Waals surface area contributed by atoms with Crippen molar-refractivity contribution in [3.05, 3.63) is 64.2 Å². The van der Waals surface area contributed by atoms with Gasteiger partial charge in [0, 0.05) is 11.9 Å². The van der Waals surface area contributed by atoms with Crippen molar-refractivity contribution < 1.29 is 13.6 Å². The highest BCUT2D eigenvalue weighted by Gasteiger charge is 2.19. The van der Waals surface area contributed by atoms with E-state index in [9.17, 15) is 9.18 Å². The molecule has 3 aromatic rings. The summed E-state index contributed by atoms with van der Waals surface area (Å²) in [6.45, 7) is 5.40. The van der Waals surface area contributed by atoms with Gasteiger partial charge >= 0.3 is 0 Å². The van der Waals surface area contributed by atoms with E-state index in [0.29, 0.717) is 24.1 Å². The molecule has 1 aliphatic rings. The van der Waals surface area contributed by atoms with Crippen LogP contribution < -0.4 is 10.6 Å². The Morgan fingerprint density at radius 2 is 2.00 bits per heavy atom. The molecule has 0 aliphatic carbocycles. The minimum absolute atomic E-state index is 0.179. The Morgan fingerprint density at radius 1 is 1.20 bits per heavy atom. The molecule has 25 heavy (non-hydrogen) atoms. The molecular weight excluding hydrogens is 319 g/mol. The van der Waals surface area contributed by atoms with E-state index >= 15 is 0 Å². The molecule has 0 saturated carbocycles. The second-order valence-corrected chi connectivity index (χ2v) is 6.53. The first-order valence-electron chi connectivity index (χ1n) is 8.36.